The number of cyclic esters (lactones) is 1. The molecule has 0 unspecified atom stereocenters. The van der Waals surface area contributed by atoms with E-state index in [0.29, 0.717) is 18.1 Å². The van der Waals surface area contributed by atoms with E-state index in [1.54, 1.807) is 13.8 Å². The van der Waals surface area contributed by atoms with Gasteiger partial charge in [-0.05, 0) is 0 Å². The lowest BCUT2D eigenvalue weighted by Crippen LogP contribution is -2.49. The Kier molecular flexibility index (Phi) is 8.74. The summed E-state index contributed by atoms with van der Waals surface area (Å²) in [5, 5.41) is 5.36. The molecule has 8 nitrogen and oxygen atoms in total. The van der Waals surface area contributed by atoms with Crippen molar-refractivity contribution in [3.63, 3.8) is 0 Å². The molecular formula is C16H26N2O6S. The summed E-state index contributed by atoms with van der Waals surface area (Å²) in [6.45, 7) is 5.21. The zero-order valence-electron chi connectivity index (χ0n) is 14.9. The second kappa shape index (κ2) is 10.3. The van der Waals surface area contributed by atoms with E-state index in [1.165, 1.54) is 18.7 Å². The molecule has 0 aromatic carbocycles. The van der Waals surface area contributed by atoms with Crippen LogP contribution in [0.5, 0.6) is 0 Å². The molecule has 2 amide bonds. The maximum Gasteiger partial charge on any atom is 0.307 e. The molecule has 0 spiro atoms. The van der Waals surface area contributed by atoms with Crippen molar-refractivity contribution >= 4 is 35.5 Å². The van der Waals surface area contributed by atoms with Crippen LogP contribution in [-0.4, -0.2) is 61.1 Å². The van der Waals surface area contributed by atoms with E-state index in [0.717, 1.165) is 0 Å². The lowest BCUT2D eigenvalue weighted by Gasteiger charge is -2.32. The Bertz CT molecular complexity index is 509. The lowest BCUT2D eigenvalue weighted by molar-refractivity contribution is -0.168. The molecule has 9 heteroatoms. The molecule has 1 heterocycles. The number of carbonyl (C=O) groups excluding carboxylic acids is 4. The summed E-state index contributed by atoms with van der Waals surface area (Å²) in [5.41, 5.74) is -0.905. The average molecular weight is 374 g/mol. The standard InChI is InChI=1S/C16H26N2O6S/c1-11(19)23-10-16(2,3)14-15(22)18-6-4-12(20)17-7-9-25-8-5-13(21)24-14/h14H,4-10H2,1-3H3,(H,17,20)(H,18,22)/t14-/m0/s1. The van der Waals surface area contributed by atoms with Crippen LogP contribution in [0.1, 0.15) is 33.6 Å². The van der Waals surface area contributed by atoms with Gasteiger partial charge in [-0.15, -0.1) is 0 Å². The van der Waals surface area contributed by atoms with Gasteiger partial charge >= 0.3 is 11.9 Å². The van der Waals surface area contributed by atoms with Crippen molar-refractivity contribution in [3.8, 4) is 0 Å². The summed E-state index contributed by atoms with van der Waals surface area (Å²) in [5.74, 6) is -0.382. The first-order valence-corrected chi connectivity index (χ1v) is 9.33. The third kappa shape index (κ3) is 8.24. The first-order valence-electron chi connectivity index (χ1n) is 8.17. The van der Waals surface area contributed by atoms with Crippen LogP contribution >= 0.6 is 11.8 Å². The SMILES string of the molecule is CC(=O)OCC(C)(C)[C@H]1OC(=O)CCSCCNC(=O)CCNC1=O. The van der Waals surface area contributed by atoms with Crippen LogP contribution < -0.4 is 10.6 Å². The number of carbonyl (C=O) groups is 4. The van der Waals surface area contributed by atoms with Crippen LogP contribution in [0.2, 0.25) is 0 Å². The zero-order valence-corrected chi connectivity index (χ0v) is 15.7. The van der Waals surface area contributed by atoms with Gasteiger partial charge in [0.15, 0.2) is 6.10 Å². The lowest BCUT2D eigenvalue weighted by atomic mass is 9.86. The van der Waals surface area contributed by atoms with Gasteiger partial charge in [0.2, 0.25) is 5.91 Å². The maximum absolute atomic E-state index is 12.5. The molecule has 0 aromatic rings. The average Bonchev–Trinajstić information content (AvgIpc) is 2.53. The molecule has 142 valence electrons. The van der Waals surface area contributed by atoms with Crippen molar-refractivity contribution in [2.75, 3.05) is 31.2 Å². The molecule has 0 aliphatic carbocycles. The first-order chi connectivity index (χ1) is 11.7. The Morgan fingerprint density at radius 3 is 2.60 bits per heavy atom. The molecule has 0 bridgehead atoms. The van der Waals surface area contributed by atoms with E-state index < -0.39 is 29.4 Å². The van der Waals surface area contributed by atoms with E-state index in [2.05, 4.69) is 10.6 Å². The molecule has 1 aliphatic heterocycles. The van der Waals surface area contributed by atoms with Crippen LogP contribution in [0, 0.1) is 5.41 Å². The van der Waals surface area contributed by atoms with Crippen molar-refractivity contribution < 1.29 is 28.7 Å². The van der Waals surface area contributed by atoms with Gasteiger partial charge in [0, 0.05) is 43.4 Å². The van der Waals surface area contributed by atoms with Crippen LogP contribution in [0.3, 0.4) is 0 Å². The third-order valence-electron chi connectivity index (χ3n) is 3.52. The number of ether oxygens (including phenoxy) is 2. The smallest absolute Gasteiger partial charge is 0.307 e. The monoisotopic (exact) mass is 374 g/mol. The highest BCUT2D eigenvalue weighted by atomic mass is 32.2. The van der Waals surface area contributed by atoms with Crippen LogP contribution in [-0.2, 0) is 28.7 Å². The summed E-state index contributed by atoms with van der Waals surface area (Å²) in [4.78, 5) is 47.2. The number of esters is 2. The minimum atomic E-state index is -1.12. The number of hydrogen-bond donors (Lipinski definition) is 2. The van der Waals surface area contributed by atoms with Crippen LogP contribution in [0.15, 0.2) is 0 Å². The van der Waals surface area contributed by atoms with Gasteiger partial charge in [-0.2, -0.15) is 11.8 Å². The van der Waals surface area contributed by atoms with E-state index in [-0.39, 0.29) is 31.9 Å². The zero-order chi connectivity index (χ0) is 18.9. The number of nitrogens with one attached hydrogen (secondary N) is 2. The van der Waals surface area contributed by atoms with Crippen molar-refractivity contribution in [2.45, 2.75) is 39.7 Å². The summed E-state index contributed by atoms with van der Waals surface area (Å²) < 4.78 is 10.4. The topological polar surface area (TPSA) is 111 Å². The van der Waals surface area contributed by atoms with Gasteiger partial charge < -0.3 is 20.1 Å². The van der Waals surface area contributed by atoms with Crippen molar-refractivity contribution in [2.24, 2.45) is 5.41 Å². The van der Waals surface area contributed by atoms with Gasteiger partial charge in [0.1, 0.15) is 6.61 Å². The molecule has 0 aromatic heterocycles. The highest BCUT2D eigenvalue weighted by Gasteiger charge is 2.39. The van der Waals surface area contributed by atoms with Crippen molar-refractivity contribution in [1.29, 1.82) is 0 Å². The second-order valence-electron chi connectivity index (χ2n) is 6.39. The van der Waals surface area contributed by atoms with Gasteiger partial charge in [0.05, 0.1) is 6.42 Å². The number of amides is 2. The minimum absolute atomic E-state index is 0.0665. The molecule has 1 aliphatic rings. The van der Waals surface area contributed by atoms with Crippen molar-refractivity contribution in [3.05, 3.63) is 0 Å². The van der Waals surface area contributed by atoms with Gasteiger partial charge in [-0.3, -0.25) is 19.2 Å². The predicted octanol–water partition coefficient (Wildman–Crippen LogP) is 0.247. The molecule has 2 N–H and O–H groups in total. The molecule has 1 rings (SSSR count). The first kappa shape index (κ1) is 21.3. The highest BCUT2D eigenvalue weighted by Crippen LogP contribution is 2.25. The quantitative estimate of drug-likeness (QED) is 0.681. The Labute approximate surface area is 151 Å². The molecule has 0 radical (unpaired) electrons. The Morgan fingerprint density at radius 1 is 1.20 bits per heavy atom. The molecule has 0 saturated carbocycles. The molecule has 1 atom stereocenters. The number of thioether (sulfide) groups is 1. The van der Waals surface area contributed by atoms with Gasteiger partial charge in [-0.25, -0.2) is 0 Å². The molecule has 25 heavy (non-hydrogen) atoms. The van der Waals surface area contributed by atoms with E-state index in [1.807, 2.05) is 0 Å². The molecular weight excluding hydrogens is 348 g/mol. The fourth-order valence-electron chi connectivity index (χ4n) is 2.12. The number of rotatable bonds is 3. The normalized spacial score (nSPS) is 21.4. The summed E-state index contributed by atoms with van der Waals surface area (Å²) in [7, 11) is 0. The fourth-order valence-corrected chi connectivity index (χ4v) is 2.88. The van der Waals surface area contributed by atoms with Crippen LogP contribution in [0.4, 0.5) is 0 Å². The minimum Gasteiger partial charge on any atom is -0.465 e. The van der Waals surface area contributed by atoms with E-state index in [4.69, 9.17) is 9.47 Å². The molecule has 1 saturated heterocycles. The van der Waals surface area contributed by atoms with Crippen molar-refractivity contribution in [1.82, 2.24) is 10.6 Å². The van der Waals surface area contributed by atoms with E-state index >= 15 is 0 Å². The Hall–Kier alpha value is -1.77. The Balaban J connectivity index is 2.83. The highest BCUT2D eigenvalue weighted by molar-refractivity contribution is 7.99. The van der Waals surface area contributed by atoms with Gasteiger partial charge in [-0.1, -0.05) is 13.8 Å². The summed E-state index contributed by atoms with van der Waals surface area (Å²) in [6.07, 6.45) is -0.816. The third-order valence-corrected chi connectivity index (χ3v) is 4.50. The second-order valence-corrected chi connectivity index (χ2v) is 7.62. The van der Waals surface area contributed by atoms with E-state index in [9.17, 15) is 19.2 Å². The number of hydrogen-bond acceptors (Lipinski definition) is 7. The maximum atomic E-state index is 12.5. The molecule has 1 fully saturated rings. The largest absolute Gasteiger partial charge is 0.465 e. The van der Waals surface area contributed by atoms with Crippen LogP contribution in [0.25, 0.3) is 0 Å². The summed E-state index contributed by atoms with van der Waals surface area (Å²) in [6, 6.07) is 0. The van der Waals surface area contributed by atoms with Gasteiger partial charge in [0.25, 0.3) is 5.91 Å². The fraction of sp³-hybridized carbons (Fsp3) is 0.750. The Morgan fingerprint density at radius 2 is 1.92 bits per heavy atom. The summed E-state index contributed by atoms with van der Waals surface area (Å²) >= 11 is 1.52. The predicted molar refractivity (Wildman–Crippen MR) is 92.9 cm³/mol.